The molecule has 0 aliphatic heterocycles. The molecule has 3 unspecified atom stereocenters. The second-order valence-corrected chi connectivity index (χ2v) is 5.31. The number of carbonyl (C=O) groups excluding carboxylic acids is 2. The van der Waals surface area contributed by atoms with Gasteiger partial charge in [-0.25, -0.2) is 0 Å². The number of nitrogens with zero attached hydrogens (tertiary/aromatic N) is 1. The summed E-state index contributed by atoms with van der Waals surface area (Å²) in [6.45, 7) is 2.28. The van der Waals surface area contributed by atoms with Crippen LogP contribution in [0.5, 0.6) is 0 Å². The van der Waals surface area contributed by atoms with E-state index in [0.717, 1.165) is 0 Å². The summed E-state index contributed by atoms with van der Waals surface area (Å²) in [5, 5.41) is 11.6. The van der Waals surface area contributed by atoms with E-state index in [1.807, 2.05) is 6.92 Å². The maximum Gasteiger partial charge on any atom is 0.307 e. The second-order valence-electron chi connectivity index (χ2n) is 5.31. The molecule has 0 heterocycles. The number of carboxylic acid groups (broad SMARTS) is 1. The lowest BCUT2D eigenvalue weighted by atomic mass is 9.95. The fraction of sp³-hybridized carbons (Fsp3) is 0.769. The molecule has 108 valence electrons. The van der Waals surface area contributed by atoms with Crippen molar-refractivity contribution in [1.29, 1.82) is 0 Å². The van der Waals surface area contributed by atoms with E-state index in [9.17, 15) is 14.4 Å². The molecule has 0 saturated heterocycles. The number of hydrogen-bond acceptors (Lipinski definition) is 3. The lowest BCUT2D eigenvalue weighted by Crippen LogP contribution is -2.38. The van der Waals surface area contributed by atoms with Gasteiger partial charge in [0.2, 0.25) is 11.8 Å². The number of aliphatic carboxylic acids is 1. The van der Waals surface area contributed by atoms with E-state index in [-0.39, 0.29) is 24.2 Å². The summed E-state index contributed by atoms with van der Waals surface area (Å²) in [6.07, 6.45) is 1.40. The predicted octanol–water partition coefficient (Wildman–Crippen LogP) is 0.328. The predicted molar refractivity (Wildman–Crippen MR) is 69.3 cm³/mol. The van der Waals surface area contributed by atoms with Gasteiger partial charge in [0.05, 0.1) is 11.8 Å². The van der Waals surface area contributed by atoms with Crippen LogP contribution in [-0.2, 0) is 14.4 Å². The Morgan fingerprint density at radius 3 is 2.37 bits per heavy atom. The van der Waals surface area contributed by atoms with Crippen molar-refractivity contribution >= 4 is 17.8 Å². The van der Waals surface area contributed by atoms with E-state index in [0.29, 0.717) is 19.4 Å². The SMILES string of the molecule is CNC(=O)CCN(C)C(=O)C1CC(C)CC1C(=O)O. The third-order valence-electron chi connectivity index (χ3n) is 3.76. The Morgan fingerprint density at radius 2 is 1.84 bits per heavy atom. The van der Waals surface area contributed by atoms with Gasteiger partial charge in [-0.2, -0.15) is 0 Å². The number of rotatable bonds is 5. The van der Waals surface area contributed by atoms with Gasteiger partial charge < -0.3 is 15.3 Å². The van der Waals surface area contributed by atoms with Gasteiger partial charge in [-0.3, -0.25) is 14.4 Å². The molecule has 1 fully saturated rings. The molecular formula is C13H22N2O4. The second kappa shape index (κ2) is 6.54. The highest BCUT2D eigenvalue weighted by molar-refractivity contribution is 5.85. The highest BCUT2D eigenvalue weighted by atomic mass is 16.4. The van der Waals surface area contributed by atoms with E-state index >= 15 is 0 Å². The monoisotopic (exact) mass is 270 g/mol. The molecule has 1 rings (SSSR count). The summed E-state index contributed by atoms with van der Waals surface area (Å²) in [7, 11) is 3.16. The third-order valence-corrected chi connectivity index (χ3v) is 3.76. The maximum atomic E-state index is 12.2. The van der Waals surface area contributed by atoms with Crippen LogP contribution in [0, 0.1) is 17.8 Å². The average Bonchev–Trinajstić information content (AvgIpc) is 2.76. The van der Waals surface area contributed by atoms with Crippen LogP contribution < -0.4 is 5.32 Å². The summed E-state index contributed by atoms with van der Waals surface area (Å²) in [4.78, 5) is 36.0. The van der Waals surface area contributed by atoms with Crippen LogP contribution in [0.15, 0.2) is 0 Å². The molecule has 1 saturated carbocycles. The summed E-state index contributed by atoms with van der Waals surface area (Å²) in [5.41, 5.74) is 0. The molecule has 6 heteroatoms. The van der Waals surface area contributed by atoms with Crippen LogP contribution in [0.2, 0.25) is 0 Å². The summed E-state index contributed by atoms with van der Waals surface area (Å²) < 4.78 is 0. The molecule has 0 spiro atoms. The van der Waals surface area contributed by atoms with Crippen LogP contribution in [0.3, 0.4) is 0 Å². The van der Waals surface area contributed by atoms with E-state index < -0.39 is 17.8 Å². The molecule has 2 N–H and O–H groups in total. The summed E-state index contributed by atoms with van der Waals surface area (Å²) >= 11 is 0. The zero-order valence-electron chi connectivity index (χ0n) is 11.7. The number of nitrogens with one attached hydrogen (secondary N) is 1. The molecule has 0 bridgehead atoms. The first-order chi connectivity index (χ1) is 8.86. The maximum absolute atomic E-state index is 12.2. The molecule has 2 amide bonds. The minimum atomic E-state index is -0.901. The molecule has 6 nitrogen and oxygen atoms in total. The minimum Gasteiger partial charge on any atom is -0.481 e. The van der Waals surface area contributed by atoms with Gasteiger partial charge in [0.1, 0.15) is 0 Å². The van der Waals surface area contributed by atoms with Crippen LogP contribution >= 0.6 is 0 Å². The van der Waals surface area contributed by atoms with Gasteiger partial charge in [0, 0.05) is 27.1 Å². The van der Waals surface area contributed by atoms with Gasteiger partial charge >= 0.3 is 5.97 Å². The number of hydrogen-bond donors (Lipinski definition) is 2. The molecule has 1 aliphatic carbocycles. The van der Waals surface area contributed by atoms with E-state index in [2.05, 4.69) is 5.32 Å². The van der Waals surface area contributed by atoms with Gasteiger partial charge in [0.25, 0.3) is 0 Å². The molecule has 0 aromatic heterocycles. The summed E-state index contributed by atoms with van der Waals surface area (Å²) in [6, 6.07) is 0. The zero-order valence-corrected chi connectivity index (χ0v) is 11.7. The molecule has 0 aromatic rings. The number of carbonyl (C=O) groups is 3. The fourth-order valence-electron chi connectivity index (χ4n) is 2.63. The number of carboxylic acids is 1. The van der Waals surface area contributed by atoms with Crippen molar-refractivity contribution in [3.63, 3.8) is 0 Å². The molecule has 19 heavy (non-hydrogen) atoms. The first-order valence-corrected chi connectivity index (χ1v) is 6.55. The van der Waals surface area contributed by atoms with Crippen LogP contribution in [0.1, 0.15) is 26.2 Å². The van der Waals surface area contributed by atoms with Crippen molar-refractivity contribution < 1.29 is 19.5 Å². The van der Waals surface area contributed by atoms with Crippen LogP contribution in [-0.4, -0.2) is 48.4 Å². The van der Waals surface area contributed by atoms with Crippen molar-refractivity contribution in [3.8, 4) is 0 Å². The van der Waals surface area contributed by atoms with Crippen molar-refractivity contribution in [2.24, 2.45) is 17.8 Å². The first-order valence-electron chi connectivity index (χ1n) is 6.55. The average molecular weight is 270 g/mol. The Hall–Kier alpha value is -1.59. The van der Waals surface area contributed by atoms with Gasteiger partial charge in [0.15, 0.2) is 0 Å². The Labute approximate surface area is 113 Å². The Morgan fingerprint density at radius 1 is 1.26 bits per heavy atom. The molecule has 1 aliphatic rings. The minimum absolute atomic E-state index is 0.130. The normalized spacial score (nSPS) is 25.9. The molecule has 0 radical (unpaired) electrons. The Kier molecular flexibility index (Phi) is 5.32. The molecule has 0 aromatic carbocycles. The highest BCUT2D eigenvalue weighted by Gasteiger charge is 2.42. The van der Waals surface area contributed by atoms with Gasteiger partial charge in [-0.05, 0) is 18.8 Å². The quantitative estimate of drug-likeness (QED) is 0.753. The van der Waals surface area contributed by atoms with Crippen molar-refractivity contribution in [2.75, 3.05) is 20.6 Å². The zero-order chi connectivity index (χ0) is 14.6. The highest BCUT2D eigenvalue weighted by Crippen LogP contribution is 2.37. The van der Waals surface area contributed by atoms with Crippen molar-refractivity contribution in [3.05, 3.63) is 0 Å². The summed E-state index contributed by atoms with van der Waals surface area (Å²) in [5.74, 6) is -1.99. The fourth-order valence-corrected chi connectivity index (χ4v) is 2.63. The first kappa shape index (κ1) is 15.5. The van der Waals surface area contributed by atoms with E-state index in [4.69, 9.17) is 5.11 Å². The lowest BCUT2D eigenvalue weighted by Gasteiger charge is -2.23. The van der Waals surface area contributed by atoms with Gasteiger partial charge in [-0.1, -0.05) is 6.92 Å². The number of amides is 2. The standard InChI is InChI=1S/C13H22N2O4/c1-8-6-9(10(7-8)13(18)19)12(17)15(3)5-4-11(16)14-2/h8-10H,4-7H2,1-3H3,(H,14,16)(H,18,19). The topological polar surface area (TPSA) is 86.7 Å². The Balaban J connectivity index is 2.60. The molecular weight excluding hydrogens is 248 g/mol. The smallest absolute Gasteiger partial charge is 0.307 e. The van der Waals surface area contributed by atoms with Crippen LogP contribution in [0.4, 0.5) is 0 Å². The van der Waals surface area contributed by atoms with E-state index in [1.165, 1.54) is 4.90 Å². The van der Waals surface area contributed by atoms with Crippen molar-refractivity contribution in [1.82, 2.24) is 10.2 Å². The van der Waals surface area contributed by atoms with Crippen molar-refractivity contribution in [2.45, 2.75) is 26.2 Å². The molecule has 3 atom stereocenters. The Bertz CT molecular complexity index is 370. The van der Waals surface area contributed by atoms with Crippen LogP contribution in [0.25, 0.3) is 0 Å². The largest absolute Gasteiger partial charge is 0.481 e. The van der Waals surface area contributed by atoms with E-state index in [1.54, 1.807) is 14.1 Å². The lowest BCUT2D eigenvalue weighted by molar-refractivity contribution is -0.148. The third kappa shape index (κ3) is 3.94. The van der Waals surface area contributed by atoms with Gasteiger partial charge in [-0.15, -0.1) is 0 Å².